The van der Waals surface area contributed by atoms with Gasteiger partial charge in [0.1, 0.15) is 5.76 Å². The zero-order chi connectivity index (χ0) is 11.3. The summed E-state index contributed by atoms with van der Waals surface area (Å²) in [4.78, 5) is 2.26. The summed E-state index contributed by atoms with van der Waals surface area (Å²) in [5.41, 5.74) is 5.77. The summed E-state index contributed by atoms with van der Waals surface area (Å²) in [6, 6.07) is 4.11. The summed E-state index contributed by atoms with van der Waals surface area (Å²) in [5.74, 6) is 1.69. The van der Waals surface area contributed by atoms with Crippen LogP contribution >= 0.6 is 0 Å². The average molecular weight is 210 g/mol. The fraction of sp³-hybridized carbons (Fsp3) is 0.667. The van der Waals surface area contributed by atoms with E-state index in [1.165, 1.54) is 6.42 Å². The molecule has 0 aliphatic rings. The molecule has 0 radical (unpaired) electrons. The van der Waals surface area contributed by atoms with E-state index in [0.29, 0.717) is 6.54 Å². The number of furan rings is 1. The largest absolute Gasteiger partial charge is 0.468 e. The summed E-state index contributed by atoms with van der Waals surface area (Å²) in [6.45, 7) is 6.12. The topological polar surface area (TPSA) is 42.4 Å². The molecule has 0 aliphatic carbocycles. The highest BCUT2D eigenvalue weighted by molar-refractivity contribution is 5.04. The van der Waals surface area contributed by atoms with Gasteiger partial charge < -0.3 is 10.2 Å². The molecule has 86 valence electrons. The van der Waals surface area contributed by atoms with Crippen molar-refractivity contribution in [2.75, 3.05) is 20.1 Å². The molecule has 1 atom stereocenters. The molecule has 3 heteroatoms. The van der Waals surface area contributed by atoms with Gasteiger partial charge in [0.2, 0.25) is 0 Å². The van der Waals surface area contributed by atoms with Gasteiger partial charge in [0.15, 0.2) is 0 Å². The van der Waals surface area contributed by atoms with Crippen LogP contribution in [0, 0.1) is 5.92 Å². The third kappa shape index (κ3) is 3.68. The Labute approximate surface area is 92.2 Å². The number of nitrogens with two attached hydrogens (primary N) is 1. The molecule has 0 spiro atoms. The van der Waals surface area contributed by atoms with Crippen molar-refractivity contribution in [3.63, 3.8) is 0 Å². The van der Waals surface area contributed by atoms with Crippen molar-refractivity contribution in [1.82, 2.24) is 4.90 Å². The molecule has 0 saturated heterocycles. The molecular weight excluding hydrogens is 188 g/mol. The standard InChI is InChI=1S/C12H22N2O/c1-10(2)6-7-14(3)11(9-13)12-5-4-8-15-12/h4-5,8,10-11H,6-7,9,13H2,1-3H3. The van der Waals surface area contributed by atoms with Crippen LogP contribution in [0.4, 0.5) is 0 Å². The second kappa shape index (κ2) is 5.93. The van der Waals surface area contributed by atoms with Gasteiger partial charge in [0, 0.05) is 6.54 Å². The van der Waals surface area contributed by atoms with Crippen molar-refractivity contribution in [1.29, 1.82) is 0 Å². The molecule has 0 amide bonds. The Balaban J connectivity index is 2.51. The molecule has 15 heavy (non-hydrogen) atoms. The molecule has 1 rings (SSSR count). The summed E-state index contributed by atoms with van der Waals surface area (Å²) >= 11 is 0. The monoisotopic (exact) mass is 210 g/mol. The van der Waals surface area contributed by atoms with Crippen molar-refractivity contribution >= 4 is 0 Å². The molecule has 1 aromatic rings. The van der Waals surface area contributed by atoms with E-state index < -0.39 is 0 Å². The van der Waals surface area contributed by atoms with E-state index in [1.807, 2.05) is 12.1 Å². The van der Waals surface area contributed by atoms with Crippen LogP contribution < -0.4 is 5.73 Å². The van der Waals surface area contributed by atoms with Gasteiger partial charge in [0.25, 0.3) is 0 Å². The van der Waals surface area contributed by atoms with Crippen molar-refractivity contribution in [3.8, 4) is 0 Å². The van der Waals surface area contributed by atoms with Crippen molar-refractivity contribution in [2.45, 2.75) is 26.3 Å². The highest BCUT2D eigenvalue weighted by Gasteiger charge is 2.17. The van der Waals surface area contributed by atoms with Gasteiger partial charge in [-0.25, -0.2) is 0 Å². The summed E-state index contributed by atoms with van der Waals surface area (Å²) in [5, 5.41) is 0. The lowest BCUT2D eigenvalue weighted by atomic mass is 10.1. The molecule has 0 aliphatic heterocycles. The predicted octanol–water partition coefficient (Wildman–Crippen LogP) is 2.26. The van der Waals surface area contributed by atoms with Crippen LogP contribution in [-0.4, -0.2) is 25.0 Å². The quantitative estimate of drug-likeness (QED) is 0.783. The van der Waals surface area contributed by atoms with Crippen molar-refractivity contribution < 1.29 is 4.42 Å². The predicted molar refractivity (Wildman–Crippen MR) is 62.6 cm³/mol. The second-order valence-corrected chi connectivity index (χ2v) is 4.43. The van der Waals surface area contributed by atoms with Crippen molar-refractivity contribution in [3.05, 3.63) is 24.2 Å². The van der Waals surface area contributed by atoms with Gasteiger partial charge in [-0.2, -0.15) is 0 Å². The van der Waals surface area contributed by atoms with E-state index in [0.717, 1.165) is 18.2 Å². The number of hydrogen-bond donors (Lipinski definition) is 1. The first-order chi connectivity index (χ1) is 7.15. The molecule has 0 bridgehead atoms. The van der Waals surface area contributed by atoms with Crippen molar-refractivity contribution in [2.24, 2.45) is 11.7 Å². The Hall–Kier alpha value is -0.800. The third-order valence-corrected chi connectivity index (χ3v) is 2.69. The molecule has 0 saturated carbocycles. The first-order valence-electron chi connectivity index (χ1n) is 5.58. The molecule has 2 N–H and O–H groups in total. The van der Waals surface area contributed by atoms with Crippen LogP contribution in [0.5, 0.6) is 0 Å². The van der Waals surface area contributed by atoms with Crippen LogP contribution in [0.2, 0.25) is 0 Å². The highest BCUT2D eigenvalue weighted by atomic mass is 16.3. The lowest BCUT2D eigenvalue weighted by Gasteiger charge is -2.25. The fourth-order valence-corrected chi connectivity index (χ4v) is 1.61. The lowest BCUT2D eigenvalue weighted by molar-refractivity contribution is 0.210. The summed E-state index contributed by atoms with van der Waals surface area (Å²) in [6.07, 6.45) is 2.89. The third-order valence-electron chi connectivity index (χ3n) is 2.69. The Kier molecular flexibility index (Phi) is 4.85. The SMILES string of the molecule is CC(C)CCN(C)C(CN)c1ccco1. The van der Waals surface area contributed by atoms with Crippen LogP contribution in [0.3, 0.4) is 0 Å². The summed E-state index contributed by atoms with van der Waals surface area (Å²) < 4.78 is 5.39. The van der Waals surface area contributed by atoms with Gasteiger partial charge in [-0.05, 0) is 38.1 Å². The van der Waals surface area contributed by atoms with E-state index in [9.17, 15) is 0 Å². The maximum atomic E-state index is 5.77. The number of likely N-dealkylation sites (N-methyl/N-ethyl adjacent to an activating group) is 1. The van der Waals surface area contributed by atoms with E-state index in [1.54, 1.807) is 6.26 Å². The Morgan fingerprint density at radius 1 is 1.47 bits per heavy atom. The number of hydrogen-bond acceptors (Lipinski definition) is 3. The van der Waals surface area contributed by atoms with E-state index in [4.69, 9.17) is 10.2 Å². The molecule has 0 fully saturated rings. The number of nitrogens with zero attached hydrogens (tertiary/aromatic N) is 1. The zero-order valence-corrected chi connectivity index (χ0v) is 9.94. The van der Waals surface area contributed by atoms with Crippen LogP contribution in [0.1, 0.15) is 32.1 Å². The normalized spacial score (nSPS) is 13.7. The first-order valence-corrected chi connectivity index (χ1v) is 5.58. The smallest absolute Gasteiger partial charge is 0.122 e. The van der Waals surface area contributed by atoms with Gasteiger partial charge >= 0.3 is 0 Å². The number of rotatable bonds is 6. The maximum Gasteiger partial charge on any atom is 0.122 e. The van der Waals surface area contributed by atoms with E-state index >= 15 is 0 Å². The first kappa shape index (κ1) is 12.3. The Morgan fingerprint density at radius 3 is 2.67 bits per heavy atom. The van der Waals surface area contributed by atoms with Crippen LogP contribution in [0.25, 0.3) is 0 Å². The summed E-state index contributed by atoms with van der Waals surface area (Å²) in [7, 11) is 2.10. The van der Waals surface area contributed by atoms with E-state index in [2.05, 4.69) is 25.8 Å². The Morgan fingerprint density at radius 2 is 2.20 bits per heavy atom. The average Bonchev–Trinajstić information content (AvgIpc) is 2.69. The van der Waals surface area contributed by atoms with E-state index in [-0.39, 0.29) is 6.04 Å². The van der Waals surface area contributed by atoms with Gasteiger partial charge in [0.05, 0.1) is 12.3 Å². The van der Waals surface area contributed by atoms with Gasteiger partial charge in [-0.15, -0.1) is 0 Å². The molecule has 1 unspecified atom stereocenters. The van der Waals surface area contributed by atoms with Crippen LogP contribution in [-0.2, 0) is 0 Å². The fourth-order valence-electron chi connectivity index (χ4n) is 1.61. The Bertz CT molecular complexity index is 257. The lowest BCUT2D eigenvalue weighted by Crippen LogP contribution is -2.31. The minimum absolute atomic E-state index is 0.207. The van der Waals surface area contributed by atoms with Crippen LogP contribution in [0.15, 0.2) is 22.8 Å². The molecule has 1 aromatic heterocycles. The maximum absolute atomic E-state index is 5.77. The molecule has 0 aromatic carbocycles. The zero-order valence-electron chi connectivity index (χ0n) is 9.94. The van der Waals surface area contributed by atoms with Gasteiger partial charge in [-0.3, -0.25) is 4.90 Å². The second-order valence-electron chi connectivity index (χ2n) is 4.43. The molecular formula is C12H22N2O. The highest BCUT2D eigenvalue weighted by Crippen LogP contribution is 2.19. The van der Waals surface area contributed by atoms with Gasteiger partial charge in [-0.1, -0.05) is 13.8 Å². The minimum atomic E-state index is 0.207. The minimum Gasteiger partial charge on any atom is -0.468 e. The molecule has 1 heterocycles. The molecule has 3 nitrogen and oxygen atoms in total.